The van der Waals surface area contributed by atoms with Gasteiger partial charge in [0.05, 0.1) is 10.6 Å². The second-order valence-electron chi connectivity index (χ2n) is 4.88. The fourth-order valence-electron chi connectivity index (χ4n) is 2.37. The van der Waals surface area contributed by atoms with Crippen molar-refractivity contribution in [3.8, 4) is 5.75 Å². The van der Waals surface area contributed by atoms with Gasteiger partial charge in [-0.05, 0) is 44.0 Å². The van der Waals surface area contributed by atoms with Crippen molar-refractivity contribution in [1.82, 2.24) is 0 Å². The van der Waals surface area contributed by atoms with E-state index in [4.69, 9.17) is 0 Å². The third kappa shape index (κ3) is 2.93. The largest absolute Gasteiger partial charge is 0.508 e. The smallest absolute Gasteiger partial charge is 0.262 e. The van der Waals surface area contributed by atoms with Crippen molar-refractivity contribution >= 4 is 15.7 Å². The van der Waals surface area contributed by atoms with E-state index in [1.54, 1.807) is 26.0 Å². The number of benzene rings is 2. The monoisotopic (exact) mass is 291 g/mol. The minimum absolute atomic E-state index is 0.0163. The van der Waals surface area contributed by atoms with Gasteiger partial charge >= 0.3 is 0 Å². The number of anilines is 1. The molecule has 0 aliphatic carbocycles. The standard InChI is InChI=1S/C15H17NO3S/c1-10-7-11(2)15(12(3)8-10)20(18,19)16-13-5-4-6-14(17)9-13/h4-9,16-17H,1-3H3. The average Bonchev–Trinajstić information content (AvgIpc) is 2.25. The lowest BCUT2D eigenvalue weighted by Crippen LogP contribution is -2.15. The number of rotatable bonds is 3. The highest BCUT2D eigenvalue weighted by Crippen LogP contribution is 2.25. The van der Waals surface area contributed by atoms with Gasteiger partial charge in [-0.15, -0.1) is 0 Å². The van der Waals surface area contributed by atoms with E-state index >= 15 is 0 Å². The second-order valence-corrected chi connectivity index (χ2v) is 6.50. The summed E-state index contributed by atoms with van der Waals surface area (Å²) in [5.74, 6) is 0.0163. The molecule has 20 heavy (non-hydrogen) atoms. The van der Waals surface area contributed by atoms with Crippen LogP contribution in [0.5, 0.6) is 5.75 Å². The molecular weight excluding hydrogens is 274 g/mol. The minimum Gasteiger partial charge on any atom is -0.508 e. The van der Waals surface area contributed by atoms with Crippen LogP contribution in [-0.2, 0) is 10.0 Å². The molecule has 0 bridgehead atoms. The molecule has 0 saturated carbocycles. The fourth-order valence-corrected chi connectivity index (χ4v) is 3.87. The zero-order valence-corrected chi connectivity index (χ0v) is 12.5. The maximum Gasteiger partial charge on any atom is 0.262 e. The molecule has 2 N–H and O–H groups in total. The molecule has 0 aromatic heterocycles. The number of aryl methyl sites for hydroxylation is 3. The molecule has 0 atom stereocenters. The topological polar surface area (TPSA) is 66.4 Å². The summed E-state index contributed by atoms with van der Waals surface area (Å²) >= 11 is 0. The third-order valence-corrected chi connectivity index (χ3v) is 4.66. The summed E-state index contributed by atoms with van der Waals surface area (Å²) in [5, 5.41) is 9.39. The van der Waals surface area contributed by atoms with Crippen LogP contribution >= 0.6 is 0 Å². The zero-order chi connectivity index (χ0) is 14.9. The fraction of sp³-hybridized carbons (Fsp3) is 0.200. The lowest BCUT2D eigenvalue weighted by molar-refractivity contribution is 0.475. The molecule has 2 aromatic carbocycles. The van der Waals surface area contributed by atoms with Gasteiger partial charge in [0, 0.05) is 6.07 Å². The number of sulfonamides is 1. The molecule has 0 aliphatic rings. The summed E-state index contributed by atoms with van der Waals surface area (Å²) in [6.45, 7) is 5.48. The lowest BCUT2D eigenvalue weighted by atomic mass is 10.1. The molecule has 106 valence electrons. The highest BCUT2D eigenvalue weighted by molar-refractivity contribution is 7.92. The molecule has 0 heterocycles. The van der Waals surface area contributed by atoms with Gasteiger partial charge in [-0.3, -0.25) is 4.72 Å². The number of phenolic OH excluding ortho intramolecular Hbond substituents is 1. The first-order chi connectivity index (χ1) is 9.29. The third-order valence-electron chi connectivity index (χ3n) is 2.97. The number of hydrogen-bond acceptors (Lipinski definition) is 3. The van der Waals surface area contributed by atoms with Crippen LogP contribution in [0.1, 0.15) is 16.7 Å². The van der Waals surface area contributed by atoms with Crippen molar-refractivity contribution < 1.29 is 13.5 Å². The van der Waals surface area contributed by atoms with Gasteiger partial charge in [-0.2, -0.15) is 0 Å². The van der Waals surface area contributed by atoms with E-state index in [1.807, 2.05) is 19.1 Å². The van der Waals surface area contributed by atoms with Gasteiger partial charge in [-0.25, -0.2) is 8.42 Å². The minimum atomic E-state index is -3.67. The van der Waals surface area contributed by atoms with Crippen LogP contribution in [0, 0.1) is 20.8 Å². The molecule has 0 unspecified atom stereocenters. The Morgan fingerprint density at radius 2 is 1.60 bits per heavy atom. The van der Waals surface area contributed by atoms with Crippen LogP contribution in [0.4, 0.5) is 5.69 Å². The quantitative estimate of drug-likeness (QED) is 0.913. The Labute approximate surface area is 119 Å². The maximum atomic E-state index is 12.5. The van der Waals surface area contributed by atoms with E-state index in [-0.39, 0.29) is 10.6 Å². The molecule has 2 aromatic rings. The first-order valence-electron chi connectivity index (χ1n) is 6.19. The summed E-state index contributed by atoms with van der Waals surface area (Å²) in [7, 11) is -3.67. The van der Waals surface area contributed by atoms with Crippen LogP contribution in [-0.4, -0.2) is 13.5 Å². The molecule has 2 rings (SSSR count). The summed E-state index contributed by atoms with van der Waals surface area (Å²) in [6, 6.07) is 9.71. The van der Waals surface area contributed by atoms with Gasteiger partial charge < -0.3 is 5.11 Å². The van der Waals surface area contributed by atoms with Crippen LogP contribution in [0.25, 0.3) is 0 Å². The number of phenols is 1. The van der Waals surface area contributed by atoms with E-state index in [0.29, 0.717) is 16.8 Å². The van der Waals surface area contributed by atoms with Crippen molar-refractivity contribution in [2.75, 3.05) is 4.72 Å². The van der Waals surface area contributed by atoms with Crippen LogP contribution in [0.3, 0.4) is 0 Å². The Morgan fingerprint density at radius 1 is 1.00 bits per heavy atom. The Kier molecular flexibility index (Phi) is 3.72. The Morgan fingerprint density at radius 3 is 2.15 bits per heavy atom. The highest BCUT2D eigenvalue weighted by atomic mass is 32.2. The van der Waals surface area contributed by atoms with Gasteiger partial charge in [0.2, 0.25) is 0 Å². The van der Waals surface area contributed by atoms with E-state index in [1.165, 1.54) is 12.1 Å². The van der Waals surface area contributed by atoms with Crippen molar-refractivity contribution in [2.24, 2.45) is 0 Å². The van der Waals surface area contributed by atoms with Crippen LogP contribution in [0.15, 0.2) is 41.3 Å². The first-order valence-corrected chi connectivity index (χ1v) is 7.67. The molecule has 0 fully saturated rings. The highest BCUT2D eigenvalue weighted by Gasteiger charge is 2.20. The van der Waals surface area contributed by atoms with Crippen LogP contribution in [0.2, 0.25) is 0 Å². The molecule has 4 nitrogen and oxygen atoms in total. The number of nitrogens with one attached hydrogen (secondary N) is 1. The van der Waals surface area contributed by atoms with Gasteiger partial charge in [0.15, 0.2) is 0 Å². The second kappa shape index (κ2) is 5.17. The normalized spacial score (nSPS) is 11.3. The van der Waals surface area contributed by atoms with E-state index < -0.39 is 10.0 Å². The summed E-state index contributed by atoms with van der Waals surface area (Å²) in [5.41, 5.74) is 2.77. The predicted octanol–water partition coefficient (Wildman–Crippen LogP) is 3.12. The van der Waals surface area contributed by atoms with Crippen molar-refractivity contribution in [2.45, 2.75) is 25.7 Å². The SMILES string of the molecule is Cc1cc(C)c(S(=O)(=O)Nc2cccc(O)c2)c(C)c1. The van der Waals surface area contributed by atoms with Gasteiger partial charge in [0.1, 0.15) is 5.75 Å². The summed E-state index contributed by atoms with van der Waals surface area (Å²) in [4.78, 5) is 0.284. The predicted molar refractivity (Wildman–Crippen MR) is 79.6 cm³/mol. The number of aromatic hydroxyl groups is 1. The lowest BCUT2D eigenvalue weighted by Gasteiger charge is -2.14. The van der Waals surface area contributed by atoms with E-state index in [2.05, 4.69) is 4.72 Å². The van der Waals surface area contributed by atoms with E-state index in [9.17, 15) is 13.5 Å². The molecule has 0 amide bonds. The van der Waals surface area contributed by atoms with Gasteiger partial charge in [0.25, 0.3) is 10.0 Å². The van der Waals surface area contributed by atoms with Crippen molar-refractivity contribution in [3.63, 3.8) is 0 Å². The van der Waals surface area contributed by atoms with Crippen molar-refractivity contribution in [1.29, 1.82) is 0 Å². The molecule has 0 radical (unpaired) electrons. The van der Waals surface area contributed by atoms with Crippen LogP contribution < -0.4 is 4.72 Å². The molecule has 0 saturated heterocycles. The summed E-state index contributed by atoms with van der Waals surface area (Å²) in [6.07, 6.45) is 0. The summed E-state index contributed by atoms with van der Waals surface area (Å²) < 4.78 is 27.4. The zero-order valence-electron chi connectivity index (χ0n) is 11.6. The molecular formula is C15H17NO3S. The first kappa shape index (κ1) is 14.4. The number of hydrogen-bond donors (Lipinski definition) is 2. The maximum absolute atomic E-state index is 12.5. The van der Waals surface area contributed by atoms with Gasteiger partial charge in [-0.1, -0.05) is 23.8 Å². The van der Waals surface area contributed by atoms with E-state index in [0.717, 1.165) is 5.56 Å². The molecule has 0 aliphatic heterocycles. The molecule has 5 heteroatoms. The Balaban J connectivity index is 2.46. The average molecular weight is 291 g/mol. The molecule has 0 spiro atoms. The Bertz CT molecular complexity index is 728. The van der Waals surface area contributed by atoms with Crippen molar-refractivity contribution in [3.05, 3.63) is 53.1 Å². The Hall–Kier alpha value is -2.01.